The summed E-state index contributed by atoms with van der Waals surface area (Å²) in [5, 5.41) is 9.57. The molecule has 3 heteroatoms. The predicted octanol–water partition coefficient (Wildman–Crippen LogP) is 6.86. The second kappa shape index (κ2) is 14.6. The fourth-order valence-corrected chi connectivity index (χ4v) is 3.46. The van der Waals surface area contributed by atoms with Gasteiger partial charge in [-0.2, -0.15) is 0 Å². The van der Waals surface area contributed by atoms with E-state index in [4.69, 9.17) is 4.74 Å². The molecule has 3 nitrogen and oxygen atoms in total. The van der Waals surface area contributed by atoms with Gasteiger partial charge in [0.2, 0.25) is 0 Å². The Morgan fingerprint density at radius 2 is 1.42 bits per heavy atom. The van der Waals surface area contributed by atoms with E-state index in [9.17, 15) is 9.90 Å². The number of hydrogen-bond acceptors (Lipinski definition) is 2. The highest BCUT2D eigenvalue weighted by Gasteiger charge is 2.28. The van der Waals surface area contributed by atoms with Crippen LogP contribution in [-0.2, 0) is 4.79 Å². The summed E-state index contributed by atoms with van der Waals surface area (Å²) in [5.74, 6) is -0.143. The minimum absolute atomic E-state index is 0.0711. The smallest absolute Gasteiger partial charge is 0.345 e. The summed E-state index contributed by atoms with van der Waals surface area (Å²) in [6.45, 7) is 4.31. The minimum atomic E-state index is -0.854. The monoisotopic (exact) mass is 362 g/mol. The highest BCUT2D eigenvalue weighted by atomic mass is 16.5. The topological polar surface area (TPSA) is 46.5 Å². The van der Waals surface area contributed by atoms with Gasteiger partial charge < -0.3 is 9.84 Å². The van der Waals surface area contributed by atoms with Crippen LogP contribution in [0.25, 0.3) is 0 Å². The molecule has 0 spiro atoms. The SMILES string of the molecule is CCCCCCCCCCCCC(CC)C(Oc1ccccc1)C(=O)O. The van der Waals surface area contributed by atoms with Gasteiger partial charge in [0, 0.05) is 5.92 Å². The molecule has 0 aromatic heterocycles. The van der Waals surface area contributed by atoms with Gasteiger partial charge in [0.15, 0.2) is 6.10 Å². The normalized spacial score (nSPS) is 13.3. The third-order valence-corrected chi connectivity index (χ3v) is 5.13. The van der Waals surface area contributed by atoms with Crippen LogP contribution in [0, 0.1) is 5.92 Å². The molecule has 2 unspecified atom stereocenters. The number of carboxylic acids is 1. The molecule has 148 valence electrons. The third kappa shape index (κ3) is 9.84. The van der Waals surface area contributed by atoms with E-state index in [1.54, 1.807) is 0 Å². The van der Waals surface area contributed by atoms with Crippen molar-refractivity contribution < 1.29 is 14.6 Å². The quantitative estimate of drug-likeness (QED) is 0.327. The van der Waals surface area contributed by atoms with Crippen molar-refractivity contribution in [1.82, 2.24) is 0 Å². The van der Waals surface area contributed by atoms with Crippen LogP contribution in [0.15, 0.2) is 30.3 Å². The maximum atomic E-state index is 11.7. The van der Waals surface area contributed by atoms with E-state index in [2.05, 4.69) is 13.8 Å². The molecule has 1 rings (SSSR count). The van der Waals surface area contributed by atoms with Gasteiger partial charge in [-0.15, -0.1) is 0 Å². The van der Waals surface area contributed by atoms with Crippen LogP contribution in [0.5, 0.6) is 5.75 Å². The number of hydrogen-bond donors (Lipinski definition) is 1. The van der Waals surface area contributed by atoms with Crippen molar-refractivity contribution in [2.45, 2.75) is 97.0 Å². The number of ether oxygens (including phenoxy) is 1. The van der Waals surface area contributed by atoms with E-state index >= 15 is 0 Å². The highest BCUT2D eigenvalue weighted by Crippen LogP contribution is 2.23. The Bertz CT molecular complexity index is 458. The van der Waals surface area contributed by atoms with Crippen LogP contribution in [0.3, 0.4) is 0 Å². The van der Waals surface area contributed by atoms with Gasteiger partial charge in [0.1, 0.15) is 5.75 Å². The van der Waals surface area contributed by atoms with Gasteiger partial charge >= 0.3 is 5.97 Å². The van der Waals surface area contributed by atoms with Gasteiger partial charge in [-0.3, -0.25) is 0 Å². The van der Waals surface area contributed by atoms with Crippen LogP contribution in [0.1, 0.15) is 90.9 Å². The molecule has 0 aliphatic rings. The molecule has 0 amide bonds. The first-order valence-corrected chi connectivity index (χ1v) is 10.6. The van der Waals surface area contributed by atoms with Gasteiger partial charge in [-0.25, -0.2) is 4.79 Å². The van der Waals surface area contributed by atoms with E-state index in [1.165, 1.54) is 57.8 Å². The average molecular weight is 363 g/mol. The van der Waals surface area contributed by atoms with E-state index in [1.807, 2.05) is 30.3 Å². The van der Waals surface area contributed by atoms with Crippen molar-refractivity contribution in [2.24, 2.45) is 5.92 Å². The Morgan fingerprint density at radius 3 is 1.92 bits per heavy atom. The Morgan fingerprint density at radius 1 is 0.885 bits per heavy atom. The summed E-state index contributed by atoms with van der Waals surface area (Å²) >= 11 is 0. The maximum absolute atomic E-state index is 11.7. The molecular weight excluding hydrogens is 324 g/mol. The van der Waals surface area contributed by atoms with Crippen LogP contribution < -0.4 is 4.74 Å². The first kappa shape index (κ1) is 22.5. The highest BCUT2D eigenvalue weighted by molar-refractivity contribution is 5.73. The number of aliphatic carboxylic acids is 1. The van der Waals surface area contributed by atoms with Gasteiger partial charge in [-0.05, 0) is 25.0 Å². The van der Waals surface area contributed by atoms with Gasteiger partial charge in [-0.1, -0.05) is 96.3 Å². The number of rotatable bonds is 16. The first-order valence-electron chi connectivity index (χ1n) is 10.6. The molecule has 0 bridgehead atoms. The zero-order chi connectivity index (χ0) is 19.0. The van der Waals surface area contributed by atoms with E-state index in [0.29, 0.717) is 5.75 Å². The lowest BCUT2D eigenvalue weighted by Crippen LogP contribution is -2.35. The molecule has 0 aliphatic carbocycles. The Hall–Kier alpha value is -1.51. The Kier molecular flexibility index (Phi) is 12.7. The summed E-state index contributed by atoms with van der Waals surface area (Å²) in [6, 6.07) is 9.30. The molecular formula is C23H38O3. The van der Waals surface area contributed by atoms with Crippen molar-refractivity contribution in [3.63, 3.8) is 0 Å². The molecule has 0 saturated carbocycles. The summed E-state index contributed by atoms with van der Waals surface area (Å²) < 4.78 is 5.77. The molecule has 1 aromatic carbocycles. The minimum Gasteiger partial charge on any atom is -0.478 e. The molecule has 0 radical (unpaired) electrons. The fourth-order valence-electron chi connectivity index (χ4n) is 3.46. The van der Waals surface area contributed by atoms with Crippen molar-refractivity contribution in [1.29, 1.82) is 0 Å². The molecule has 0 saturated heterocycles. The molecule has 0 aliphatic heterocycles. The number of benzene rings is 1. The summed E-state index contributed by atoms with van der Waals surface area (Å²) in [6.07, 6.45) is 14.0. The zero-order valence-corrected chi connectivity index (χ0v) is 16.8. The molecule has 0 heterocycles. The lowest BCUT2D eigenvalue weighted by Gasteiger charge is -2.24. The number of carboxylic acid groups (broad SMARTS) is 1. The van der Waals surface area contributed by atoms with E-state index in [0.717, 1.165) is 19.3 Å². The summed E-state index contributed by atoms with van der Waals surface area (Å²) in [5.41, 5.74) is 0. The second-order valence-corrected chi connectivity index (χ2v) is 7.33. The Balaban J connectivity index is 2.23. The predicted molar refractivity (Wildman–Crippen MR) is 109 cm³/mol. The van der Waals surface area contributed by atoms with Gasteiger partial charge in [0.05, 0.1) is 0 Å². The van der Waals surface area contributed by atoms with E-state index < -0.39 is 12.1 Å². The third-order valence-electron chi connectivity index (χ3n) is 5.13. The molecule has 1 N–H and O–H groups in total. The van der Waals surface area contributed by atoms with Crippen LogP contribution in [0.2, 0.25) is 0 Å². The molecule has 1 aromatic rings. The molecule has 2 atom stereocenters. The lowest BCUT2D eigenvalue weighted by atomic mass is 9.92. The number of para-hydroxylation sites is 1. The van der Waals surface area contributed by atoms with Crippen LogP contribution in [0.4, 0.5) is 0 Å². The first-order chi connectivity index (χ1) is 12.7. The molecule has 0 fully saturated rings. The average Bonchev–Trinajstić information content (AvgIpc) is 2.65. The van der Waals surface area contributed by atoms with Crippen molar-refractivity contribution >= 4 is 5.97 Å². The molecule has 26 heavy (non-hydrogen) atoms. The summed E-state index contributed by atoms with van der Waals surface area (Å²) in [4.78, 5) is 11.7. The van der Waals surface area contributed by atoms with Crippen molar-refractivity contribution in [3.8, 4) is 5.75 Å². The standard InChI is InChI=1S/C23H38O3/c1-3-5-6-7-8-9-10-11-12-14-17-20(4-2)22(23(24)25)26-21-18-15-13-16-19-21/h13,15-16,18-20,22H,3-12,14,17H2,1-2H3,(H,24,25). The summed E-state index contributed by atoms with van der Waals surface area (Å²) in [7, 11) is 0. The zero-order valence-electron chi connectivity index (χ0n) is 16.8. The van der Waals surface area contributed by atoms with Crippen LogP contribution in [-0.4, -0.2) is 17.2 Å². The number of carbonyl (C=O) groups is 1. The van der Waals surface area contributed by atoms with E-state index in [-0.39, 0.29) is 5.92 Å². The van der Waals surface area contributed by atoms with Gasteiger partial charge in [0.25, 0.3) is 0 Å². The van der Waals surface area contributed by atoms with Crippen LogP contribution >= 0.6 is 0 Å². The second-order valence-electron chi connectivity index (χ2n) is 7.33. The Labute approximate surface area is 160 Å². The lowest BCUT2D eigenvalue weighted by molar-refractivity contribution is -0.148. The largest absolute Gasteiger partial charge is 0.478 e. The number of unbranched alkanes of at least 4 members (excludes halogenated alkanes) is 9. The van der Waals surface area contributed by atoms with Crippen molar-refractivity contribution in [3.05, 3.63) is 30.3 Å². The fraction of sp³-hybridized carbons (Fsp3) is 0.696. The van der Waals surface area contributed by atoms with Crippen molar-refractivity contribution in [2.75, 3.05) is 0 Å². The maximum Gasteiger partial charge on any atom is 0.345 e.